The molecule has 2 amide bonds. The van der Waals surface area contributed by atoms with E-state index >= 15 is 0 Å². The Morgan fingerprint density at radius 2 is 2.11 bits per heavy atom. The monoisotopic (exact) mass is 416 g/mol. The van der Waals surface area contributed by atoms with Crippen LogP contribution in [0.25, 0.3) is 0 Å². The number of urea groups is 1. The second kappa shape index (κ2) is 8.41. The lowest BCUT2D eigenvalue weighted by Crippen LogP contribution is -2.36. The van der Waals surface area contributed by atoms with Gasteiger partial charge < -0.3 is 21.5 Å². The first kappa shape index (κ1) is 20.1. The van der Waals surface area contributed by atoms with Crippen molar-refractivity contribution in [2.45, 2.75) is 0 Å². The molecule has 0 bridgehead atoms. The Bertz CT molecular complexity index is 968. The molecule has 0 aliphatic heterocycles. The maximum Gasteiger partial charge on any atom is 0.357 e. The molecule has 6 N–H and O–H groups in total. The van der Waals surface area contributed by atoms with Crippen molar-refractivity contribution >= 4 is 56.4 Å². The summed E-state index contributed by atoms with van der Waals surface area (Å²) in [4.78, 5) is 26.3. The molecule has 144 valence electrons. The quantitative estimate of drug-likeness (QED) is 0.218. The number of carbonyl (C=O) groups excluding carboxylic acids is 1. The maximum absolute atomic E-state index is 14.3. The van der Waals surface area contributed by atoms with Crippen molar-refractivity contribution in [3.05, 3.63) is 35.2 Å². The molecule has 2 aromatic rings. The molecule has 0 atom stereocenters. The third-order valence-corrected chi connectivity index (χ3v) is 4.69. The molecule has 0 fully saturated rings. The Kier molecular flexibility index (Phi) is 6.25. The van der Waals surface area contributed by atoms with E-state index in [9.17, 15) is 22.4 Å². The number of nitrogens with one attached hydrogen (secondary N) is 3. The summed E-state index contributed by atoms with van der Waals surface area (Å²) < 4.78 is 38.1. The van der Waals surface area contributed by atoms with Crippen molar-refractivity contribution in [2.24, 2.45) is 5.73 Å². The number of rotatable bonds is 7. The molecular formula is C13H13FN6O5S2. The minimum Gasteiger partial charge on any atom is -0.476 e. The molecule has 1 aromatic carbocycles. The van der Waals surface area contributed by atoms with E-state index in [2.05, 4.69) is 15.6 Å². The predicted octanol–water partition coefficient (Wildman–Crippen LogP) is 0.702. The van der Waals surface area contributed by atoms with E-state index in [-0.39, 0.29) is 28.8 Å². The fourth-order valence-electron chi connectivity index (χ4n) is 1.90. The van der Waals surface area contributed by atoms with Gasteiger partial charge in [0.2, 0.25) is 10.9 Å². The highest BCUT2D eigenvalue weighted by Gasteiger charge is 2.23. The fraction of sp³-hybridized carbons (Fsp3) is 0.0769. The largest absolute Gasteiger partial charge is 0.476 e. The molecule has 0 spiro atoms. The van der Waals surface area contributed by atoms with Gasteiger partial charge in [0.15, 0.2) is 5.69 Å². The Labute approximate surface area is 157 Å². The highest BCUT2D eigenvalue weighted by molar-refractivity contribution is 7.74. The summed E-state index contributed by atoms with van der Waals surface area (Å²) in [5.74, 6) is -2.70. The van der Waals surface area contributed by atoms with Gasteiger partial charge in [-0.3, -0.25) is 5.41 Å². The lowest BCUT2D eigenvalue weighted by molar-refractivity contribution is 0.0692. The lowest BCUT2D eigenvalue weighted by Gasteiger charge is -2.17. The van der Waals surface area contributed by atoms with E-state index in [0.29, 0.717) is 4.31 Å². The number of thiol groups is 1. The van der Waals surface area contributed by atoms with Crippen LogP contribution in [0.5, 0.6) is 0 Å². The number of hydrogen-bond donors (Lipinski definition) is 6. The summed E-state index contributed by atoms with van der Waals surface area (Å²) in [5.41, 5.74) is 5.30. The molecule has 0 unspecified atom stereocenters. The van der Waals surface area contributed by atoms with Gasteiger partial charge in [-0.05, 0) is 12.1 Å². The first-order valence-corrected chi connectivity index (χ1v) is 9.00. The van der Waals surface area contributed by atoms with Gasteiger partial charge in [0.25, 0.3) is 0 Å². The summed E-state index contributed by atoms with van der Waals surface area (Å²) in [6.45, 7) is -0.237. The fourth-order valence-corrected chi connectivity index (χ4v) is 3.51. The molecule has 0 aliphatic carbocycles. The molecule has 11 nitrogen and oxygen atoms in total. The average Bonchev–Trinajstić information content (AvgIpc) is 3.04. The summed E-state index contributed by atoms with van der Waals surface area (Å²) >= 11 is 0.755. The third-order valence-electron chi connectivity index (χ3n) is 2.99. The average molecular weight is 416 g/mol. The second-order valence-corrected chi connectivity index (χ2v) is 6.57. The molecule has 27 heavy (non-hydrogen) atoms. The van der Waals surface area contributed by atoms with E-state index in [1.165, 1.54) is 6.07 Å². The number of nitrogens with zero attached hydrogens (tertiary/aromatic N) is 2. The first-order chi connectivity index (χ1) is 12.7. The number of anilines is 3. The van der Waals surface area contributed by atoms with E-state index < -0.39 is 34.4 Å². The van der Waals surface area contributed by atoms with E-state index in [4.69, 9.17) is 16.2 Å². The molecule has 0 saturated heterocycles. The molecule has 0 saturated carbocycles. The smallest absolute Gasteiger partial charge is 0.357 e. The van der Waals surface area contributed by atoms with Crippen LogP contribution in [0.1, 0.15) is 10.5 Å². The number of aromatic nitrogens is 1. The Balaban J connectivity index is 2.31. The first-order valence-electron chi connectivity index (χ1n) is 6.99. The van der Waals surface area contributed by atoms with Gasteiger partial charge in [-0.25, -0.2) is 31.7 Å². The zero-order chi connectivity index (χ0) is 20.1. The number of nitrogens with two attached hydrogens (primary N) is 1. The van der Waals surface area contributed by atoms with Crippen molar-refractivity contribution in [3.63, 3.8) is 0 Å². The number of carboxylic acids is 1. The van der Waals surface area contributed by atoms with E-state index in [1.807, 2.05) is 0 Å². The minimum absolute atomic E-state index is 0.176. The second-order valence-electron chi connectivity index (χ2n) is 4.86. The summed E-state index contributed by atoms with van der Waals surface area (Å²) in [6.07, 6.45) is 0. The predicted molar refractivity (Wildman–Crippen MR) is 96.9 cm³/mol. The number of thiazole rings is 1. The van der Waals surface area contributed by atoms with Crippen LogP contribution in [0.2, 0.25) is 0 Å². The maximum atomic E-state index is 14.3. The summed E-state index contributed by atoms with van der Waals surface area (Å²) in [5, 5.41) is 20.3. The van der Waals surface area contributed by atoms with Crippen molar-refractivity contribution in [3.8, 4) is 0 Å². The molecule has 14 heteroatoms. The Hall–Kier alpha value is -3.26. The standard InChI is InChI=1S/C13H13FN6O5S2/c14-7-3-6(1-2-8(7)19-13(23)17-4-9(15)16)20(27(24)25)11-10(12(21)22)18-5-26-11/h1-3,5,27H,4H2,(H3,15,16)(H,21,22)(H2,17,19,23). The Morgan fingerprint density at radius 3 is 2.67 bits per heavy atom. The van der Waals surface area contributed by atoms with E-state index in [1.54, 1.807) is 0 Å². The number of carbonyl (C=O) groups is 2. The number of amides is 2. The molecule has 0 aliphatic rings. The van der Waals surface area contributed by atoms with Gasteiger partial charge in [-0.1, -0.05) is 0 Å². The zero-order valence-electron chi connectivity index (χ0n) is 13.3. The minimum atomic E-state index is -3.35. The number of amidine groups is 1. The van der Waals surface area contributed by atoms with Crippen LogP contribution in [0.3, 0.4) is 0 Å². The molecule has 1 aromatic heterocycles. The van der Waals surface area contributed by atoms with Crippen LogP contribution >= 0.6 is 11.3 Å². The van der Waals surface area contributed by atoms with Crippen molar-refractivity contribution in [2.75, 3.05) is 16.2 Å². The number of halogens is 1. The van der Waals surface area contributed by atoms with Gasteiger partial charge in [-0.2, -0.15) is 0 Å². The highest BCUT2D eigenvalue weighted by Crippen LogP contribution is 2.33. The van der Waals surface area contributed by atoms with Gasteiger partial charge >= 0.3 is 12.0 Å². The third kappa shape index (κ3) is 4.89. The Morgan fingerprint density at radius 1 is 1.41 bits per heavy atom. The SMILES string of the molecule is N=C(N)CNC(=O)Nc1ccc(N(c2scnc2C(=O)O)[SH](=O)=O)cc1F. The van der Waals surface area contributed by atoms with Gasteiger partial charge in [0, 0.05) is 6.07 Å². The molecular weight excluding hydrogens is 403 g/mol. The van der Waals surface area contributed by atoms with Crippen LogP contribution in [0.15, 0.2) is 23.7 Å². The van der Waals surface area contributed by atoms with Crippen molar-refractivity contribution in [1.29, 1.82) is 5.41 Å². The van der Waals surface area contributed by atoms with E-state index in [0.717, 1.165) is 29.0 Å². The number of hydrogen-bond acceptors (Lipinski definition) is 7. The van der Waals surface area contributed by atoms with Crippen LogP contribution in [-0.4, -0.2) is 42.9 Å². The highest BCUT2D eigenvalue weighted by atomic mass is 32.2. The molecule has 1 heterocycles. The van der Waals surface area contributed by atoms with Crippen LogP contribution in [0.4, 0.5) is 25.6 Å². The van der Waals surface area contributed by atoms with Gasteiger partial charge in [0.05, 0.1) is 23.4 Å². The summed E-state index contributed by atoms with van der Waals surface area (Å²) in [6, 6.07) is 2.28. The van der Waals surface area contributed by atoms with Gasteiger partial charge in [-0.15, -0.1) is 11.3 Å². The van der Waals surface area contributed by atoms with Crippen LogP contribution < -0.4 is 20.7 Å². The topological polar surface area (TPSA) is 179 Å². The summed E-state index contributed by atoms with van der Waals surface area (Å²) in [7, 11) is -3.35. The van der Waals surface area contributed by atoms with Crippen LogP contribution in [0, 0.1) is 11.2 Å². The number of benzene rings is 1. The normalized spacial score (nSPS) is 10.4. The number of aromatic carboxylic acids is 1. The van der Waals surface area contributed by atoms with Crippen molar-refractivity contribution in [1.82, 2.24) is 10.3 Å². The zero-order valence-corrected chi connectivity index (χ0v) is 15.0. The molecule has 2 rings (SSSR count). The van der Waals surface area contributed by atoms with Gasteiger partial charge in [0.1, 0.15) is 16.7 Å². The number of carboxylic acid groups (broad SMARTS) is 1. The molecule has 0 radical (unpaired) electrons. The lowest BCUT2D eigenvalue weighted by atomic mass is 10.2. The van der Waals surface area contributed by atoms with Crippen LogP contribution in [-0.2, 0) is 10.9 Å². The van der Waals surface area contributed by atoms with Crippen molar-refractivity contribution < 1.29 is 27.5 Å².